The van der Waals surface area contributed by atoms with Gasteiger partial charge in [-0.25, -0.2) is 0 Å². The summed E-state index contributed by atoms with van der Waals surface area (Å²) in [7, 11) is -0.809. The van der Waals surface area contributed by atoms with Gasteiger partial charge in [-0.15, -0.1) is 6.58 Å². The minimum atomic E-state index is -3.32. The maximum atomic E-state index is 11.8. The molecular weight excluding hydrogens is 291 g/mol. The fraction of sp³-hybridized carbons (Fsp3) is 0.800. The van der Waals surface area contributed by atoms with E-state index in [-0.39, 0.29) is 12.3 Å². The maximum Gasteiger partial charge on any atom is 0.341 e. The van der Waals surface area contributed by atoms with Crippen LogP contribution in [0.3, 0.4) is 0 Å². The van der Waals surface area contributed by atoms with Crippen LogP contribution in [0.4, 0.5) is 0 Å². The molecule has 0 heterocycles. The molecule has 0 aliphatic heterocycles. The Morgan fingerprint density at radius 1 is 1.14 bits per heavy atom. The summed E-state index contributed by atoms with van der Waals surface area (Å²) in [5.74, 6) is -0.541. The molecule has 0 amide bonds. The molecule has 124 valence electrons. The second kappa shape index (κ2) is 12.0. The fourth-order valence-electron chi connectivity index (χ4n) is 1.93. The Balaban J connectivity index is 3.74. The zero-order valence-corrected chi connectivity index (χ0v) is 14.4. The molecule has 0 aromatic carbocycles. The van der Waals surface area contributed by atoms with Crippen LogP contribution in [0.15, 0.2) is 12.7 Å². The summed E-state index contributed by atoms with van der Waals surface area (Å²) >= 11 is 0. The van der Waals surface area contributed by atoms with E-state index in [1.54, 1.807) is 0 Å². The third-order valence-electron chi connectivity index (χ3n) is 3.23. The number of esters is 1. The van der Waals surface area contributed by atoms with Crippen LogP contribution < -0.4 is 0 Å². The van der Waals surface area contributed by atoms with Gasteiger partial charge in [0.25, 0.3) is 0 Å². The Morgan fingerprint density at radius 2 is 1.71 bits per heavy atom. The molecule has 0 spiro atoms. The van der Waals surface area contributed by atoms with E-state index in [9.17, 15) is 9.36 Å². The molecule has 6 heteroatoms. The van der Waals surface area contributed by atoms with Crippen molar-refractivity contribution in [3.8, 4) is 0 Å². The van der Waals surface area contributed by atoms with Crippen molar-refractivity contribution < 1.29 is 23.1 Å². The first-order chi connectivity index (χ1) is 9.97. The lowest BCUT2D eigenvalue weighted by molar-refractivity contribution is -0.145. The zero-order chi connectivity index (χ0) is 16.1. The van der Waals surface area contributed by atoms with E-state index in [2.05, 4.69) is 6.58 Å². The van der Waals surface area contributed by atoms with Gasteiger partial charge in [-0.3, -0.25) is 9.36 Å². The van der Waals surface area contributed by atoms with Gasteiger partial charge in [0.2, 0.25) is 0 Å². The Bertz CT molecular complexity index is 335. The highest BCUT2D eigenvalue weighted by Gasteiger charge is 2.27. The summed E-state index contributed by atoms with van der Waals surface area (Å²) in [5.41, 5.74) is 0. The number of unbranched alkanes of at least 4 members (excludes halogenated alkanes) is 5. The van der Waals surface area contributed by atoms with Crippen LogP contribution in [0.5, 0.6) is 0 Å². The van der Waals surface area contributed by atoms with Crippen molar-refractivity contribution in [2.45, 2.75) is 58.0 Å². The smallest absolute Gasteiger partial charge is 0.341 e. The molecule has 0 aliphatic carbocycles. The highest BCUT2D eigenvalue weighted by molar-refractivity contribution is 7.54. The molecule has 0 rings (SSSR count). The molecule has 0 unspecified atom stereocenters. The predicted molar refractivity (Wildman–Crippen MR) is 84.6 cm³/mol. The summed E-state index contributed by atoms with van der Waals surface area (Å²) in [6, 6.07) is 0. The monoisotopic (exact) mass is 320 g/mol. The normalized spacial score (nSPS) is 12.9. The van der Waals surface area contributed by atoms with Crippen LogP contribution in [-0.2, 0) is 23.1 Å². The average Bonchev–Trinajstić information content (AvgIpc) is 2.46. The molecular formula is C15H29O5P. The second-order valence-corrected chi connectivity index (χ2v) is 7.34. The molecule has 0 bridgehead atoms. The number of carbonyl (C=O) groups excluding carboxylic acids is 1. The van der Waals surface area contributed by atoms with Crippen molar-refractivity contribution >= 4 is 13.6 Å². The van der Waals surface area contributed by atoms with Crippen molar-refractivity contribution in [1.29, 1.82) is 0 Å². The number of ether oxygens (including phenoxy) is 1. The van der Waals surface area contributed by atoms with Gasteiger partial charge in [0.1, 0.15) is 6.16 Å². The van der Waals surface area contributed by atoms with Crippen molar-refractivity contribution in [3.05, 3.63) is 12.7 Å². The molecule has 0 saturated carbocycles. The highest BCUT2D eigenvalue weighted by Crippen LogP contribution is 2.46. The molecule has 0 radical (unpaired) electrons. The van der Waals surface area contributed by atoms with Gasteiger partial charge < -0.3 is 13.8 Å². The average molecular weight is 320 g/mol. The number of allylic oxidation sites excluding steroid dienone is 1. The van der Waals surface area contributed by atoms with Gasteiger partial charge in [-0.1, -0.05) is 25.3 Å². The van der Waals surface area contributed by atoms with Crippen molar-refractivity contribution in [3.63, 3.8) is 0 Å². The predicted octanol–water partition coefficient (Wildman–Crippen LogP) is 4.32. The Morgan fingerprint density at radius 3 is 2.29 bits per heavy atom. The van der Waals surface area contributed by atoms with Crippen LogP contribution in [0, 0.1) is 0 Å². The van der Waals surface area contributed by atoms with E-state index < -0.39 is 13.6 Å². The van der Waals surface area contributed by atoms with Crippen LogP contribution in [0.1, 0.15) is 51.9 Å². The minimum absolute atomic E-state index is 0.173. The lowest BCUT2D eigenvalue weighted by Gasteiger charge is -2.16. The minimum Gasteiger partial charge on any atom is -0.462 e. The summed E-state index contributed by atoms with van der Waals surface area (Å²) in [4.78, 5) is 11.6. The van der Waals surface area contributed by atoms with E-state index in [0.717, 1.165) is 25.7 Å². The Kier molecular flexibility index (Phi) is 11.6. The van der Waals surface area contributed by atoms with Crippen molar-refractivity contribution in [1.82, 2.24) is 0 Å². The molecule has 1 atom stereocenters. The standard InChI is InChI=1S/C15H29O5P/c1-5-6-7-8-9-10-11-12-14(2)20-15(16)13-21(17,18-3)19-4/h5,14H,1,6-13H2,2-4H3/t14-/m0/s1. The molecule has 0 fully saturated rings. The van der Waals surface area contributed by atoms with E-state index in [1.807, 2.05) is 13.0 Å². The topological polar surface area (TPSA) is 61.8 Å². The Hall–Kier alpha value is -0.640. The van der Waals surface area contributed by atoms with Gasteiger partial charge >= 0.3 is 13.6 Å². The van der Waals surface area contributed by atoms with Gasteiger partial charge in [-0.2, -0.15) is 0 Å². The van der Waals surface area contributed by atoms with Crippen LogP contribution in [0.2, 0.25) is 0 Å². The quantitative estimate of drug-likeness (QED) is 0.219. The second-order valence-electron chi connectivity index (χ2n) is 5.07. The van der Waals surface area contributed by atoms with Gasteiger partial charge in [0.15, 0.2) is 0 Å². The van der Waals surface area contributed by atoms with Gasteiger partial charge in [0.05, 0.1) is 6.10 Å². The fourth-order valence-corrected chi connectivity index (χ4v) is 2.73. The SMILES string of the molecule is C=CCCCCCCC[C@H](C)OC(=O)CP(=O)(OC)OC. The third kappa shape index (κ3) is 10.7. The first kappa shape index (κ1) is 20.4. The van der Waals surface area contributed by atoms with E-state index in [1.165, 1.54) is 33.5 Å². The summed E-state index contributed by atoms with van der Waals surface area (Å²) in [6.45, 7) is 5.54. The van der Waals surface area contributed by atoms with Crippen LogP contribution >= 0.6 is 7.60 Å². The number of carbonyl (C=O) groups is 1. The zero-order valence-electron chi connectivity index (χ0n) is 13.5. The molecule has 21 heavy (non-hydrogen) atoms. The lowest BCUT2D eigenvalue weighted by Crippen LogP contribution is -2.18. The highest BCUT2D eigenvalue weighted by atomic mass is 31.2. The molecule has 0 aromatic heterocycles. The molecule has 0 aliphatic rings. The maximum absolute atomic E-state index is 11.8. The third-order valence-corrected chi connectivity index (χ3v) is 4.99. The lowest BCUT2D eigenvalue weighted by atomic mass is 10.1. The summed E-state index contributed by atoms with van der Waals surface area (Å²) in [5, 5.41) is 0. The number of hydrogen-bond donors (Lipinski definition) is 0. The van der Waals surface area contributed by atoms with Gasteiger partial charge in [-0.05, 0) is 32.6 Å². The van der Waals surface area contributed by atoms with Crippen molar-refractivity contribution in [2.24, 2.45) is 0 Å². The number of rotatable bonds is 13. The summed E-state index contributed by atoms with van der Waals surface area (Å²) in [6.07, 6.45) is 9.08. The Labute approximate surface area is 128 Å². The molecule has 0 aromatic rings. The van der Waals surface area contributed by atoms with E-state index in [0.29, 0.717) is 0 Å². The van der Waals surface area contributed by atoms with Crippen LogP contribution in [-0.4, -0.2) is 32.5 Å². The van der Waals surface area contributed by atoms with Gasteiger partial charge in [0, 0.05) is 14.2 Å². The number of hydrogen-bond acceptors (Lipinski definition) is 5. The van der Waals surface area contributed by atoms with Crippen molar-refractivity contribution in [2.75, 3.05) is 20.4 Å². The van der Waals surface area contributed by atoms with E-state index >= 15 is 0 Å². The summed E-state index contributed by atoms with van der Waals surface area (Å²) < 4.78 is 26.4. The molecule has 0 saturated heterocycles. The molecule has 5 nitrogen and oxygen atoms in total. The van der Waals surface area contributed by atoms with Crippen LogP contribution in [0.25, 0.3) is 0 Å². The first-order valence-corrected chi connectivity index (χ1v) is 9.21. The molecule has 0 N–H and O–H groups in total. The first-order valence-electron chi connectivity index (χ1n) is 7.48. The largest absolute Gasteiger partial charge is 0.462 e. The van der Waals surface area contributed by atoms with E-state index in [4.69, 9.17) is 13.8 Å².